The zero-order valence-corrected chi connectivity index (χ0v) is 11.7. The maximum Gasteiger partial charge on any atom is 0.329 e. The van der Waals surface area contributed by atoms with Crippen molar-refractivity contribution in [2.24, 2.45) is 0 Å². The van der Waals surface area contributed by atoms with Crippen LogP contribution in [0.15, 0.2) is 22.7 Å². The van der Waals surface area contributed by atoms with Gasteiger partial charge in [-0.25, -0.2) is 4.79 Å². The third-order valence-corrected chi connectivity index (χ3v) is 2.79. The van der Waals surface area contributed by atoms with Crippen molar-refractivity contribution in [2.45, 2.75) is 19.9 Å². The van der Waals surface area contributed by atoms with Crippen LogP contribution in [0.2, 0.25) is 0 Å². The highest BCUT2D eigenvalue weighted by Gasteiger charge is 2.19. The molecule has 0 radical (unpaired) electrons. The van der Waals surface area contributed by atoms with E-state index in [0.717, 1.165) is 10.0 Å². The first-order valence-corrected chi connectivity index (χ1v) is 6.08. The summed E-state index contributed by atoms with van der Waals surface area (Å²) in [5, 5.41) is 11.2. The van der Waals surface area contributed by atoms with Crippen molar-refractivity contribution in [1.29, 1.82) is 0 Å². The minimum Gasteiger partial charge on any atom is -0.490 e. The highest BCUT2D eigenvalue weighted by molar-refractivity contribution is 9.10. The Morgan fingerprint density at radius 3 is 2.67 bits per heavy atom. The monoisotopic (exact) mass is 315 g/mol. The molecule has 0 aliphatic rings. The van der Waals surface area contributed by atoms with Crippen molar-refractivity contribution in [1.82, 2.24) is 5.32 Å². The summed E-state index contributed by atoms with van der Waals surface area (Å²) in [6.45, 7) is 3.07. The second-order valence-corrected chi connectivity index (χ2v) is 4.69. The molecule has 0 aromatic heterocycles. The molecular formula is C12H14BrNO4. The summed E-state index contributed by atoms with van der Waals surface area (Å²) in [6.07, 6.45) is 0. The van der Waals surface area contributed by atoms with Gasteiger partial charge in [0.05, 0.1) is 4.47 Å². The van der Waals surface area contributed by atoms with Crippen LogP contribution in [-0.4, -0.2) is 29.6 Å². The van der Waals surface area contributed by atoms with Gasteiger partial charge in [-0.15, -0.1) is 0 Å². The average Bonchev–Trinajstić information content (AvgIpc) is 2.25. The number of nitrogens with one attached hydrogen (secondary N) is 1. The Morgan fingerprint density at radius 2 is 2.17 bits per heavy atom. The Kier molecular flexibility index (Phi) is 5.15. The van der Waals surface area contributed by atoms with Gasteiger partial charge in [0, 0.05) is 6.92 Å². The number of carboxylic acids is 1. The van der Waals surface area contributed by atoms with Crippen molar-refractivity contribution < 1.29 is 19.4 Å². The Hall–Kier alpha value is -1.56. The molecule has 18 heavy (non-hydrogen) atoms. The summed E-state index contributed by atoms with van der Waals surface area (Å²) in [7, 11) is 0. The molecule has 0 heterocycles. The van der Waals surface area contributed by atoms with E-state index in [4.69, 9.17) is 9.84 Å². The average molecular weight is 316 g/mol. The third-order valence-electron chi connectivity index (χ3n) is 2.17. The topological polar surface area (TPSA) is 75.6 Å². The van der Waals surface area contributed by atoms with Crippen LogP contribution < -0.4 is 10.1 Å². The largest absolute Gasteiger partial charge is 0.490 e. The van der Waals surface area contributed by atoms with E-state index in [1.807, 2.05) is 19.1 Å². The van der Waals surface area contributed by atoms with Crippen LogP contribution in [0.25, 0.3) is 0 Å². The van der Waals surface area contributed by atoms with E-state index in [1.165, 1.54) is 6.92 Å². The molecule has 1 aromatic carbocycles. The molecule has 0 aliphatic heterocycles. The molecule has 1 rings (SSSR count). The van der Waals surface area contributed by atoms with Gasteiger partial charge in [-0.05, 0) is 40.5 Å². The van der Waals surface area contributed by atoms with Crippen molar-refractivity contribution >= 4 is 27.8 Å². The number of carbonyl (C=O) groups is 2. The van der Waals surface area contributed by atoms with Crippen LogP contribution in [-0.2, 0) is 9.59 Å². The van der Waals surface area contributed by atoms with Gasteiger partial charge in [-0.3, -0.25) is 4.79 Å². The number of aliphatic carboxylic acids is 1. The van der Waals surface area contributed by atoms with Gasteiger partial charge in [-0.1, -0.05) is 6.07 Å². The fraction of sp³-hybridized carbons (Fsp3) is 0.333. The van der Waals surface area contributed by atoms with E-state index in [9.17, 15) is 9.59 Å². The first-order chi connectivity index (χ1) is 8.40. The molecular weight excluding hydrogens is 302 g/mol. The van der Waals surface area contributed by atoms with Crippen molar-refractivity contribution in [3.8, 4) is 5.75 Å². The molecule has 0 fully saturated rings. The lowest BCUT2D eigenvalue weighted by Gasteiger charge is -2.15. The molecule has 0 spiro atoms. The van der Waals surface area contributed by atoms with E-state index in [-0.39, 0.29) is 6.61 Å². The predicted molar refractivity (Wildman–Crippen MR) is 69.6 cm³/mol. The molecule has 0 saturated carbocycles. The van der Waals surface area contributed by atoms with Crippen molar-refractivity contribution in [2.75, 3.05) is 6.61 Å². The van der Waals surface area contributed by atoms with Gasteiger partial charge >= 0.3 is 5.97 Å². The van der Waals surface area contributed by atoms with Crippen LogP contribution in [0.4, 0.5) is 0 Å². The number of rotatable bonds is 5. The third kappa shape index (κ3) is 4.37. The van der Waals surface area contributed by atoms with E-state index >= 15 is 0 Å². The fourth-order valence-corrected chi connectivity index (χ4v) is 1.92. The molecule has 1 aromatic rings. The van der Waals surface area contributed by atoms with Gasteiger partial charge in [-0.2, -0.15) is 0 Å². The molecule has 0 aliphatic carbocycles. The fourth-order valence-electron chi connectivity index (χ4n) is 1.32. The number of amides is 1. The van der Waals surface area contributed by atoms with Crippen LogP contribution in [0.5, 0.6) is 5.75 Å². The predicted octanol–water partition coefficient (Wildman–Crippen LogP) is 1.73. The second kappa shape index (κ2) is 6.39. The lowest BCUT2D eigenvalue weighted by molar-refractivity contribution is -0.142. The quantitative estimate of drug-likeness (QED) is 0.867. The zero-order valence-electron chi connectivity index (χ0n) is 10.1. The summed E-state index contributed by atoms with van der Waals surface area (Å²) < 4.78 is 6.12. The van der Waals surface area contributed by atoms with Gasteiger partial charge < -0.3 is 15.2 Å². The maximum absolute atomic E-state index is 10.9. The highest BCUT2D eigenvalue weighted by Crippen LogP contribution is 2.25. The Bertz CT molecular complexity index is 461. The van der Waals surface area contributed by atoms with E-state index < -0.39 is 17.9 Å². The molecule has 2 N–H and O–H groups in total. The number of carboxylic acid groups (broad SMARTS) is 1. The number of ether oxygens (including phenoxy) is 1. The number of hydrogen-bond acceptors (Lipinski definition) is 3. The first kappa shape index (κ1) is 14.5. The molecule has 1 unspecified atom stereocenters. The SMILES string of the molecule is CC(=O)NC(COc1ccc(C)cc1Br)C(=O)O. The summed E-state index contributed by atoms with van der Waals surface area (Å²) >= 11 is 3.33. The molecule has 5 nitrogen and oxygen atoms in total. The standard InChI is InChI=1S/C12H14BrNO4/c1-7-3-4-11(9(13)5-7)18-6-10(12(16)17)14-8(2)15/h3-5,10H,6H2,1-2H3,(H,14,15)(H,16,17). The van der Waals surface area contributed by atoms with E-state index in [2.05, 4.69) is 21.2 Å². The second-order valence-electron chi connectivity index (χ2n) is 3.84. The molecule has 0 bridgehead atoms. The summed E-state index contributed by atoms with van der Waals surface area (Å²) in [5.74, 6) is -1.00. The number of carbonyl (C=O) groups excluding carboxylic acids is 1. The summed E-state index contributed by atoms with van der Waals surface area (Å²) in [5.41, 5.74) is 1.06. The number of aryl methyl sites for hydroxylation is 1. The van der Waals surface area contributed by atoms with Gasteiger partial charge in [0.1, 0.15) is 12.4 Å². The van der Waals surface area contributed by atoms with Gasteiger partial charge in [0.25, 0.3) is 0 Å². The Labute approximate surface area is 113 Å². The lowest BCUT2D eigenvalue weighted by Crippen LogP contribution is -2.43. The first-order valence-electron chi connectivity index (χ1n) is 5.29. The van der Waals surface area contributed by atoms with Gasteiger partial charge in [0.2, 0.25) is 5.91 Å². The molecule has 6 heteroatoms. The Morgan fingerprint density at radius 1 is 1.50 bits per heavy atom. The lowest BCUT2D eigenvalue weighted by atomic mass is 10.2. The normalized spacial score (nSPS) is 11.7. The molecule has 1 amide bonds. The highest BCUT2D eigenvalue weighted by atomic mass is 79.9. The van der Waals surface area contributed by atoms with Gasteiger partial charge in [0.15, 0.2) is 6.04 Å². The van der Waals surface area contributed by atoms with Crippen LogP contribution in [0.1, 0.15) is 12.5 Å². The number of halogens is 1. The van der Waals surface area contributed by atoms with Crippen molar-refractivity contribution in [3.63, 3.8) is 0 Å². The summed E-state index contributed by atoms with van der Waals surface area (Å²) in [4.78, 5) is 21.7. The minimum atomic E-state index is -1.13. The molecule has 1 atom stereocenters. The van der Waals surface area contributed by atoms with Crippen molar-refractivity contribution in [3.05, 3.63) is 28.2 Å². The van der Waals surface area contributed by atoms with Crippen LogP contribution >= 0.6 is 15.9 Å². The van der Waals surface area contributed by atoms with Crippen LogP contribution in [0, 0.1) is 6.92 Å². The van der Waals surface area contributed by atoms with Crippen LogP contribution in [0.3, 0.4) is 0 Å². The van der Waals surface area contributed by atoms with E-state index in [1.54, 1.807) is 6.07 Å². The maximum atomic E-state index is 10.9. The number of hydrogen-bond donors (Lipinski definition) is 2. The zero-order chi connectivity index (χ0) is 13.7. The Balaban J connectivity index is 2.66. The number of benzene rings is 1. The molecule has 98 valence electrons. The smallest absolute Gasteiger partial charge is 0.329 e. The molecule has 0 saturated heterocycles. The van der Waals surface area contributed by atoms with E-state index in [0.29, 0.717) is 5.75 Å². The summed E-state index contributed by atoms with van der Waals surface area (Å²) in [6, 6.07) is 4.40. The minimum absolute atomic E-state index is 0.128.